The number of hydrogen-bond acceptors (Lipinski definition) is 10. The Balaban J connectivity index is 1.61. The van der Waals surface area contributed by atoms with Gasteiger partial charge in [-0.1, -0.05) is 18.7 Å². The number of anilines is 6. The fourth-order valence-electron chi connectivity index (χ4n) is 3.80. The largest absolute Gasteiger partial charge is 0.494 e. The van der Waals surface area contributed by atoms with Crippen molar-refractivity contribution < 1.29 is 19.5 Å². The molecule has 37 heavy (non-hydrogen) atoms. The van der Waals surface area contributed by atoms with E-state index >= 15 is 0 Å². The van der Waals surface area contributed by atoms with Gasteiger partial charge in [0, 0.05) is 49.2 Å². The molecule has 3 aromatic rings. The molecule has 2 aromatic carbocycles. The Labute approximate surface area is 214 Å². The number of aromatic nitrogens is 2. The van der Waals surface area contributed by atoms with Gasteiger partial charge in [-0.2, -0.15) is 4.98 Å². The summed E-state index contributed by atoms with van der Waals surface area (Å²) in [5.41, 5.74) is 3.61. The molecule has 0 unspecified atom stereocenters. The quantitative estimate of drug-likeness (QED) is 0.140. The lowest BCUT2D eigenvalue weighted by atomic mass is 10.2. The number of carbonyl (C=O) groups excluding carboxylic acids is 1. The Kier molecular flexibility index (Phi) is 8.50. The van der Waals surface area contributed by atoms with Gasteiger partial charge in [0.25, 0.3) is 0 Å². The van der Waals surface area contributed by atoms with Crippen LogP contribution in [0.5, 0.6) is 5.75 Å². The summed E-state index contributed by atoms with van der Waals surface area (Å²) in [5, 5.41) is 21.3. The van der Waals surface area contributed by atoms with Crippen LogP contribution in [-0.2, 0) is 16.0 Å². The van der Waals surface area contributed by atoms with Crippen molar-refractivity contribution in [1.82, 2.24) is 9.97 Å². The van der Waals surface area contributed by atoms with Gasteiger partial charge >= 0.3 is 0 Å². The van der Waals surface area contributed by atoms with Crippen LogP contribution in [0.15, 0.2) is 66.5 Å². The molecule has 1 saturated heterocycles. The number of hydrogen-bond donors (Lipinski definition) is 4. The number of rotatable bonds is 10. The van der Waals surface area contributed by atoms with E-state index < -0.39 is 0 Å². The second-order valence-electron chi connectivity index (χ2n) is 8.04. The van der Waals surface area contributed by atoms with Crippen molar-refractivity contribution in [2.24, 2.45) is 5.16 Å². The van der Waals surface area contributed by atoms with Crippen LogP contribution < -0.4 is 25.6 Å². The first kappa shape index (κ1) is 25.5. The van der Waals surface area contributed by atoms with Crippen LogP contribution in [0.3, 0.4) is 0 Å². The highest BCUT2D eigenvalue weighted by atomic mass is 16.5. The number of nitrogens with one attached hydrogen (secondary N) is 3. The predicted octanol–water partition coefficient (Wildman–Crippen LogP) is 3.94. The van der Waals surface area contributed by atoms with Gasteiger partial charge in [0.05, 0.1) is 37.4 Å². The molecule has 1 aliphatic rings. The minimum Gasteiger partial charge on any atom is -0.494 e. The maximum atomic E-state index is 11.9. The average molecular weight is 504 g/mol. The number of carbonyl (C=O) groups is 1. The average Bonchev–Trinajstić information content (AvgIpc) is 2.94. The molecular formula is C26H29N7O4. The lowest BCUT2D eigenvalue weighted by molar-refractivity contribution is -0.111. The van der Waals surface area contributed by atoms with E-state index in [9.17, 15) is 4.79 Å². The number of para-hydroxylation sites is 2. The second-order valence-corrected chi connectivity index (χ2v) is 8.04. The zero-order valence-corrected chi connectivity index (χ0v) is 20.5. The maximum Gasteiger partial charge on any atom is 0.247 e. The third-order valence-corrected chi connectivity index (χ3v) is 5.69. The number of morpholine rings is 1. The smallest absolute Gasteiger partial charge is 0.247 e. The zero-order chi connectivity index (χ0) is 26.0. The second kappa shape index (κ2) is 12.4. The summed E-state index contributed by atoms with van der Waals surface area (Å²) in [6.45, 7) is 6.53. The molecule has 4 N–H and O–H groups in total. The lowest BCUT2D eigenvalue weighted by Gasteiger charge is -2.29. The van der Waals surface area contributed by atoms with Crippen molar-refractivity contribution >= 4 is 46.6 Å². The zero-order valence-electron chi connectivity index (χ0n) is 20.5. The van der Waals surface area contributed by atoms with Crippen LogP contribution in [0.25, 0.3) is 0 Å². The SMILES string of the molecule is C=CC(=O)Nc1ccccc1Nc1nc(Nc2ccc(N3CCOCC3)cc2OC)ncc1C/C=N/O. The van der Waals surface area contributed by atoms with Crippen molar-refractivity contribution in [3.8, 4) is 5.75 Å². The van der Waals surface area contributed by atoms with Gasteiger partial charge < -0.3 is 35.5 Å². The van der Waals surface area contributed by atoms with Gasteiger partial charge in [-0.3, -0.25) is 4.79 Å². The van der Waals surface area contributed by atoms with Crippen LogP contribution >= 0.6 is 0 Å². The fraction of sp³-hybridized carbons (Fsp3) is 0.231. The van der Waals surface area contributed by atoms with E-state index in [0.717, 1.165) is 18.8 Å². The van der Waals surface area contributed by atoms with Crippen molar-refractivity contribution in [2.75, 3.05) is 54.3 Å². The molecule has 4 rings (SSSR count). The Hall–Kier alpha value is -4.64. The van der Waals surface area contributed by atoms with Gasteiger partial charge in [-0.05, 0) is 30.3 Å². The van der Waals surface area contributed by atoms with Crippen LogP contribution in [-0.4, -0.2) is 60.7 Å². The maximum absolute atomic E-state index is 11.9. The van der Waals surface area contributed by atoms with Crippen LogP contribution in [0.2, 0.25) is 0 Å². The molecule has 0 aliphatic carbocycles. The highest BCUT2D eigenvalue weighted by Gasteiger charge is 2.15. The molecule has 2 heterocycles. The summed E-state index contributed by atoms with van der Waals surface area (Å²) in [7, 11) is 1.61. The molecule has 1 fully saturated rings. The minimum absolute atomic E-state index is 0.290. The first-order chi connectivity index (χ1) is 18.1. The summed E-state index contributed by atoms with van der Waals surface area (Å²) >= 11 is 0. The van der Waals surface area contributed by atoms with E-state index in [2.05, 4.69) is 42.6 Å². The summed E-state index contributed by atoms with van der Waals surface area (Å²) < 4.78 is 11.1. The topological polar surface area (TPSA) is 133 Å². The summed E-state index contributed by atoms with van der Waals surface area (Å²) in [6, 6.07) is 13.1. The summed E-state index contributed by atoms with van der Waals surface area (Å²) in [4.78, 5) is 23.2. The van der Waals surface area contributed by atoms with E-state index in [-0.39, 0.29) is 12.3 Å². The molecule has 11 nitrogen and oxygen atoms in total. The van der Waals surface area contributed by atoms with Gasteiger partial charge in [0.1, 0.15) is 11.6 Å². The molecule has 1 amide bonds. The molecule has 0 atom stereocenters. The van der Waals surface area contributed by atoms with E-state index in [1.807, 2.05) is 36.4 Å². The third kappa shape index (κ3) is 6.53. The van der Waals surface area contributed by atoms with Gasteiger partial charge in [0.15, 0.2) is 0 Å². The highest BCUT2D eigenvalue weighted by molar-refractivity contribution is 6.01. The number of nitrogens with zero attached hydrogens (tertiary/aromatic N) is 4. The molecular weight excluding hydrogens is 474 g/mol. The van der Waals surface area contributed by atoms with E-state index in [1.54, 1.807) is 19.4 Å². The fourth-order valence-corrected chi connectivity index (χ4v) is 3.80. The van der Waals surface area contributed by atoms with Crippen molar-refractivity contribution in [2.45, 2.75) is 6.42 Å². The Morgan fingerprint density at radius 2 is 1.97 bits per heavy atom. The molecule has 0 saturated carbocycles. The van der Waals surface area contributed by atoms with E-state index in [4.69, 9.17) is 14.7 Å². The van der Waals surface area contributed by atoms with Crippen molar-refractivity contribution in [1.29, 1.82) is 0 Å². The number of methoxy groups -OCH3 is 1. The van der Waals surface area contributed by atoms with Gasteiger partial charge in [0.2, 0.25) is 11.9 Å². The molecule has 0 bridgehead atoms. The normalized spacial score (nSPS) is 13.3. The summed E-state index contributed by atoms with van der Waals surface area (Å²) in [6.07, 6.45) is 4.47. The van der Waals surface area contributed by atoms with Gasteiger partial charge in [-0.15, -0.1) is 5.16 Å². The highest BCUT2D eigenvalue weighted by Crippen LogP contribution is 2.33. The van der Waals surface area contributed by atoms with Crippen LogP contribution in [0.4, 0.5) is 34.5 Å². The Morgan fingerprint density at radius 3 is 2.70 bits per heavy atom. The predicted molar refractivity (Wildman–Crippen MR) is 144 cm³/mol. The Morgan fingerprint density at radius 1 is 1.19 bits per heavy atom. The first-order valence-corrected chi connectivity index (χ1v) is 11.7. The first-order valence-electron chi connectivity index (χ1n) is 11.7. The standard InChI is InChI=1S/C26H29N7O4/c1-3-24(34)29-20-6-4-5-7-21(20)30-25-18(10-11-28-35)17-27-26(32-25)31-22-9-8-19(16-23(22)36-2)33-12-14-37-15-13-33/h3-9,11,16-17,35H,1,10,12-15H2,2H3,(H,29,34)(H2,27,30,31,32)/b28-11+. The number of ether oxygens (including phenoxy) is 2. The number of amides is 1. The van der Waals surface area contributed by atoms with Crippen LogP contribution in [0.1, 0.15) is 5.56 Å². The molecule has 1 aliphatic heterocycles. The minimum atomic E-state index is -0.334. The van der Waals surface area contributed by atoms with E-state index in [0.29, 0.717) is 53.4 Å². The monoisotopic (exact) mass is 503 g/mol. The molecule has 0 spiro atoms. The Bertz CT molecular complexity index is 1280. The number of oxime groups is 1. The van der Waals surface area contributed by atoms with E-state index in [1.165, 1.54) is 12.3 Å². The summed E-state index contributed by atoms with van der Waals surface area (Å²) in [5.74, 6) is 1.12. The molecule has 1 aromatic heterocycles. The van der Waals surface area contributed by atoms with Crippen molar-refractivity contribution in [3.63, 3.8) is 0 Å². The molecule has 192 valence electrons. The van der Waals surface area contributed by atoms with Crippen molar-refractivity contribution in [3.05, 3.63) is 66.9 Å². The lowest BCUT2D eigenvalue weighted by Crippen LogP contribution is -2.36. The molecule has 11 heteroatoms. The van der Waals surface area contributed by atoms with Crippen LogP contribution in [0, 0.1) is 0 Å². The molecule has 0 radical (unpaired) electrons. The number of benzene rings is 2. The third-order valence-electron chi connectivity index (χ3n) is 5.69. The van der Waals surface area contributed by atoms with Gasteiger partial charge in [-0.25, -0.2) is 4.98 Å².